The van der Waals surface area contributed by atoms with Crippen molar-refractivity contribution in [2.45, 2.75) is 19.4 Å². The van der Waals surface area contributed by atoms with Gasteiger partial charge >= 0.3 is 0 Å². The average molecular weight is 235 g/mol. The summed E-state index contributed by atoms with van der Waals surface area (Å²) in [4.78, 5) is 9.06. The number of anilines is 1. The highest BCUT2D eigenvalue weighted by Gasteiger charge is 2.14. The second kappa shape index (κ2) is 5.47. The van der Waals surface area contributed by atoms with E-state index in [0.29, 0.717) is 0 Å². The predicted molar refractivity (Wildman–Crippen MR) is 69.2 cm³/mol. The lowest BCUT2D eigenvalue weighted by Gasteiger charge is -2.22. The maximum Gasteiger partial charge on any atom is 0.128 e. The van der Waals surface area contributed by atoms with Crippen LogP contribution in [0.1, 0.15) is 25.0 Å². The molecule has 17 heavy (non-hydrogen) atoms. The Morgan fingerprint density at radius 2 is 2.12 bits per heavy atom. The Balaban J connectivity index is 2.13. The van der Waals surface area contributed by atoms with Crippen LogP contribution in [0.4, 0.5) is 5.82 Å². The normalized spacial score (nSPS) is 20.1. The second-order valence-corrected chi connectivity index (χ2v) is 4.77. The molecule has 4 nitrogen and oxygen atoms in total. The largest absolute Gasteiger partial charge is 0.389 e. The van der Waals surface area contributed by atoms with Crippen LogP contribution in [0.15, 0.2) is 18.3 Å². The highest BCUT2D eigenvalue weighted by atomic mass is 16.3. The van der Waals surface area contributed by atoms with E-state index < -0.39 is 6.10 Å². The standard InChI is InChI=1S/C13H21N3O/c1-11(17)12-4-5-14-13(10-12)16-7-3-6-15(2)8-9-16/h4-5,10-11,17H,3,6-9H2,1-2H3/t11-/m1/s1. The summed E-state index contributed by atoms with van der Waals surface area (Å²) in [6.45, 7) is 6.05. The first-order valence-corrected chi connectivity index (χ1v) is 6.24. The first-order valence-electron chi connectivity index (χ1n) is 6.24. The maximum atomic E-state index is 9.59. The monoisotopic (exact) mass is 235 g/mol. The second-order valence-electron chi connectivity index (χ2n) is 4.77. The van der Waals surface area contributed by atoms with Gasteiger partial charge in [-0.05, 0) is 44.6 Å². The van der Waals surface area contributed by atoms with E-state index in [1.165, 1.54) is 0 Å². The van der Waals surface area contributed by atoms with E-state index in [1.807, 2.05) is 12.1 Å². The summed E-state index contributed by atoms with van der Waals surface area (Å²) in [6, 6.07) is 3.87. The highest BCUT2D eigenvalue weighted by Crippen LogP contribution is 2.18. The zero-order valence-corrected chi connectivity index (χ0v) is 10.6. The third-order valence-electron chi connectivity index (χ3n) is 3.30. The summed E-state index contributed by atoms with van der Waals surface area (Å²) < 4.78 is 0. The van der Waals surface area contributed by atoms with Gasteiger partial charge in [0.05, 0.1) is 6.10 Å². The third-order valence-corrected chi connectivity index (χ3v) is 3.30. The van der Waals surface area contributed by atoms with Crippen LogP contribution < -0.4 is 4.90 Å². The molecule has 1 aliphatic heterocycles. The maximum absolute atomic E-state index is 9.59. The van der Waals surface area contributed by atoms with Crippen LogP contribution in [0.25, 0.3) is 0 Å². The zero-order valence-electron chi connectivity index (χ0n) is 10.6. The van der Waals surface area contributed by atoms with Gasteiger partial charge in [0.15, 0.2) is 0 Å². The molecule has 1 fully saturated rings. The lowest BCUT2D eigenvalue weighted by molar-refractivity contribution is 0.199. The predicted octanol–water partition coefficient (Wildman–Crippen LogP) is 1.28. The van der Waals surface area contributed by atoms with Gasteiger partial charge in [-0.15, -0.1) is 0 Å². The van der Waals surface area contributed by atoms with Crippen LogP contribution in [-0.4, -0.2) is 48.2 Å². The number of aromatic nitrogens is 1. The average Bonchev–Trinajstić information content (AvgIpc) is 2.54. The minimum Gasteiger partial charge on any atom is -0.389 e. The summed E-state index contributed by atoms with van der Waals surface area (Å²) >= 11 is 0. The van der Waals surface area contributed by atoms with E-state index >= 15 is 0 Å². The fourth-order valence-corrected chi connectivity index (χ4v) is 2.14. The molecule has 1 aromatic heterocycles. The van der Waals surface area contributed by atoms with Gasteiger partial charge in [-0.3, -0.25) is 0 Å². The van der Waals surface area contributed by atoms with Crippen LogP contribution in [0, 0.1) is 0 Å². The van der Waals surface area contributed by atoms with E-state index in [4.69, 9.17) is 0 Å². The third kappa shape index (κ3) is 3.17. The minimum absolute atomic E-state index is 0.425. The summed E-state index contributed by atoms with van der Waals surface area (Å²) in [6.07, 6.45) is 2.52. The zero-order chi connectivity index (χ0) is 12.3. The number of hydrogen-bond donors (Lipinski definition) is 1. The van der Waals surface area contributed by atoms with E-state index in [1.54, 1.807) is 13.1 Å². The number of aliphatic hydroxyl groups is 1. The van der Waals surface area contributed by atoms with Crippen molar-refractivity contribution in [1.29, 1.82) is 0 Å². The van der Waals surface area contributed by atoms with Crippen molar-refractivity contribution >= 4 is 5.82 Å². The lowest BCUT2D eigenvalue weighted by atomic mass is 10.1. The SMILES string of the molecule is C[C@@H](O)c1ccnc(N2CCCN(C)CC2)c1. The smallest absolute Gasteiger partial charge is 0.128 e. The topological polar surface area (TPSA) is 39.6 Å². The molecule has 94 valence electrons. The number of hydrogen-bond acceptors (Lipinski definition) is 4. The Bertz CT molecular complexity index is 367. The van der Waals surface area contributed by atoms with Crippen molar-refractivity contribution in [2.24, 2.45) is 0 Å². The molecule has 0 unspecified atom stereocenters. The van der Waals surface area contributed by atoms with Crippen LogP contribution in [-0.2, 0) is 0 Å². The Labute approximate surface area is 103 Å². The van der Waals surface area contributed by atoms with Crippen molar-refractivity contribution in [2.75, 3.05) is 38.1 Å². The van der Waals surface area contributed by atoms with E-state index in [9.17, 15) is 5.11 Å². The molecule has 0 saturated carbocycles. The molecule has 1 aliphatic rings. The van der Waals surface area contributed by atoms with Gasteiger partial charge in [0.2, 0.25) is 0 Å². The molecule has 0 bridgehead atoms. The fraction of sp³-hybridized carbons (Fsp3) is 0.615. The molecule has 1 N–H and O–H groups in total. The molecule has 0 spiro atoms. The molecule has 1 saturated heterocycles. The molecule has 2 heterocycles. The van der Waals surface area contributed by atoms with Crippen LogP contribution >= 0.6 is 0 Å². The number of aliphatic hydroxyl groups excluding tert-OH is 1. The first kappa shape index (κ1) is 12.3. The van der Waals surface area contributed by atoms with Crippen LogP contribution in [0.2, 0.25) is 0 Å². The van der Waals surface area contributed by atoms with Gasteiger partial charge in [-0.25, -0.2) is 4.98 Å². The molecule has 4 heteroatoms. The van der Waals surface area contributed by atoms with Gasteiger partial charge in [0, 0.05) is 25.8 Å². The Hall–Kier alpha value is -1.13. The summed E-state index contributed by atoms with van der Waals surface area (Å²) in [5, 5.41) is 9.59. The molecule has 0 aromatic carbocycles. The quantitative estimate of drug-likeness (QED) is 0.838. The van der Waals surface area contributed by atoms with Gasteiger partial charge in [0.1, 0.15) is 5.82 Å². The Morgan fingerprint density at radius 1 is 1.29 bits per heavy atom. The number of rotatable bonds is 2. The Kier molecular flexibility index (Phi) is 3.97. The van der Waals surface area contributed by atoms with Gasteiger partial charge < -0.3 is 14.9 Å². The van der Waals surface area contributed by atoms with Crippen molar-refractivity contribution < 1.29 is 5.11 Å². The summed E-state index contributed by atoms with van der Waals surface area (Å²) in [5.74, 6) is 0.985. The van der Waals surface area contributed by atoms with E-state index in [2.05, 4.69) is 21.8 Å². The van der Waals surface area contributed by atoms with Gasteiger partial charge in [-0.1, -0.05) is 0 Å². The van der Waals surface area contributed by atoms with Crippen LogP contribution in [0.5, 0.6) is 0 Å². The first-order chi connectivity index (χ1) is 8.16. The van der Waals surface area contributed by atoms with Gasteiger partial charge in [-0.2, -0.15) is 0 Å². The molecule has 1 aromatic rings. The summed E-state index contributed by atoms with van der Waals surface area (Å²) in [7, 11) is 2.16. The Morgan fingerprint density at radius 3 is 2.88 bits per heavy atom. The van der Waals surface area contributed by atoms with E-state index in [-0.39, 0.29) is 0 Å². The number of nitrogens with zero attached hydrogens (tertiary/aromatic N) is 3. The number of pyridine rings is 1. The van der Waals surface area contributed by atoms with Crippen molar-refractivity contribution in [1.82, 2.24) is 9.88 Å². The number of likely N-dealkylation sites (N-methyl/N-ethyl adjacent to an activating group) is 1. The molecule has 0 radical (unpaired) electrons. The summed E-state index contributed by atoms with van der Waals surface area (Å²) in [5.41, 5.74) is 0.938. The molecular formula is C13H21N3O. The lowest BCUT2D eigenvalue weighted by Crippen LogP contribution is -2.29. The van der Waals surface area contributed by atoms with Gasteiger partial charge in [0.25, 0.3) is 0 Å². The molecule has 1 atom stereocenters. The molecular weight excluding hydrogens is 214 g/mol. The fourth-order valence-electron chi connectivity index (χ4n) is 2.14. The molecule has 2 rings (SSSR count). The van der Waals surface area contributed by atoms with Crippen molar-refractivity contribution in [3.05, 3.63) is 23.9 Å². The van der Waals surface area contributed by atoms with Crippen molar-refractivity contribution in [3.8, 4) is 0 Å². The van der Waals surface area contributed by atoms with Crippen molar-refractivity contribution in [3.63, 3.8) is 0 Å². The minimum atomic E-state index is -0.425. The molecule has 0 aliphatic carbocycles. The van der Waals surface area contributed by atoms with Crippen LogP contribution in [0.3, 0.4) is 0 Å². The highest BCUT2D eigenvalue weighted by molar-refractivity contribution is 5.41. The molecule has 0 amide bonds. The van der Waals surface area contributed by atoms with E-state index in [0.717, 1.165) is 44.0 Å².